The molecule has 6 heteroatoms. The Labute approximate surface area is 104 Å². The third-order valence-electron chi connectivity index (χ3n) is 3.16. The van der Waals surface area contributed by atoms with Crippen LogP contribution in [-0.2, 0) is 4.74 Å². The van der Waals surface area contributed by atoms with Crippen LogP contribution in [-0.4, -0.2) is 41.5 Å². The summed E-state index contributed by atoms with van der Waals surface area (Å²) in [4.78, 5) is 18.3. The average Bonchev–Trinajstić information content (AvgIpc) is 2.44. The van der Waals surface area contributed by atoms with Gasteiger partial charge in [-0.05, 0) is 13.0 Å². The van der Waals surface area contributed by atoms with Crippen LogP contribution in [0, 0.1) is 6.92 Å². The van der Waals surface area contributed by atoms with E-state index in [0.717, 1.165) is 24.5 Å². The molecule has 0 bridgehead atoms. The van der Waals surface area contributed by atoms with Gasteiger partial charge in [-0.1, -0.05) is 0 Å². The van der Waals surface area contributed by atoms with Crippen LogP contribution < -0.4 is 10.5 Å². The molecule has 2 aromatic rings. The fourth-order valence-corrected chi connectivity index (χ4v) is 2.16. The zero-order chi connectivity index (χ0) is 12.5. The summed E-state index contributed by atoms with van der Waals surface area (Å²) in [6.45, 7) is 4.91. The molecule has 0 spiro atoms. The molecule has 1 aliphatic rings. The lowest BCUT2D eigenvalue weighted by Gasteiger charge is -2.28. The van der Waals surface area contributed by atoms with Gasteiger partial charge in [-0.15, -0.1) is 0 Å². The van der Waals surface area contributed by atoms with Gasteiger partial charge in [0.15, 0.2) is 0 Å². The Kier molecular flexibility index (Phi) is 2.71. The van der Waals surface area contributed by atoms with Crippen molar-refractivity contribution < 1.29 is 4.74 Å². The molecule has 1 fully saturated rings. The maximum Gasteiger partial charge on any atom is 0.273 e. The summed E-state index contributed by atoms with van der Waals surface area (Å²) in [5.74, 6) is 0. The molecule has 94 valence electrons. The summed E-state index contributed by atoms with van der Waals surface area (Å²) in [5.41, 5.74) is 2.16. The number of aromatic amines is 1. The van der Waals surface area contributed by atoms with Crippen LogP contribution in [0.5, 0.6) is 0 Å². The third kappa shape index (κ3) is 1.84. The quantitative estimate of drug-likeness (QED) is 0.791. The number of fused-ring (bicyclic) bond motifs is 1. The highest BCUT2D eigenvalue weighted by atomic mass is 16.5. The van der Waals surface area contributed by atoms with Gasteiger partial charge in [0.05, 0.1) is 41.7 Å². The fourth-order valence-electron chi connectivity index (χ4n) is 2.16. The molecule has 18 heavy (non-hydrogen) atoms. The Bertz CT molecular complexity index is 632. The van der Waals surface area contributed by atoms with Gasteiger partial charge in [0.2, 0.25) is 0 Å². The maximum atomic E-state index is 11.8. The summed E-state index contributed by atoms with van der Waals surface area (Å²) in [6.07, 6.45) is 1.79. The van der Waals surface area contributed by atoms with Crippen LogP contribution in [0.15, 0.2) is 17.1 Å². The first-order chi connectivity index (χ1) is 8.75. The second-order valence-corrected chi connectivity index (χ2v) is 4.33. The molecule has 0 aliphatic carbocycles. The predicted molar refractivity (Wildman–Crippen MR) is 67.9 cm³/mol. The van der Waals surface area contributed by atoms with Crippen molar-refractivity contribution in [1.29, 1.82) is 0 Å². The lowest BCUT2D eigenvalue weighted by molar-refractivity contribution is 0.122. The van der Waals surface area contributed by atoms with Gasteiger partial charge in [0.1, 0.15) is 0 Å². The molecule has 1 N–H and O–H groups in total. The van der Waals surface area contributed by atoms with E-state index >= 15 is 0 Å². The summed E-state index contributed by atoms with van der Waals surface area (Å²) in [6, 6.07) is 1.88. The van der Waals surface area contributed by atoms with Gasteiger partial charge in [-0.3, -0.25) is 9.78 Å². The molecule has 0 radical (unpaired) electrons. The van der Waals surface area contributed by atoms with E-state index in [0.29, 0.717) is 24.1 Å². The molecule has 3 rings (SSSR count). The van der Waals surface area contributed by atoms with E-state index in [1.807, 2.05) is 13.0 Å². The first-order valence-corrected chi connectivity index (χ1v) is 5.93. The first-order valence-electron chi connectivity index (χ1n) is 5.93. The number of hydrogen-bond donors (Lipinski definition) is 1. The largest absolute Gasteiger partial charge is 0.378 e. The number of aryl methyl sites for hydroxylation is 1. The van der Waals surface area contributed by atoms with Crippen molar-refractivity contribution in [3.05, 3.63) is 28.3 Å². The molecule has 0 aromatic carbocycles. The second-order valence-electron chi connectivity index (χ2n) is 4.33. The van der Waals surface area contributed by atoms with Gasteiger partial charge in [-0.2, -0.15) is 5.10 Å². The molecule has 0 saturated carbocycles. The minimum atomic E-state index is -0.196. The SMILES string of the molecule is Cc1n[nH]c(=O)c2cc(N3CCOCC3)cnc12. The van der Waals surface area contributed by atoms with Gasteiger partial charge in [0.25, 0.3) is 5.56 Å². The summed E-state index contributed by atoms with van der Waals surface area (Å²) in [5, 5.41) is 6.99. The lowest BCUT2D eigenvalue weighted by atomic mass is 10.2. The highest BCUT2D eigenvalue weighted by Crippen LogP contribution is 2.19. The van der Waals surface area contributed by atoms with Crippen LogP contribution in [0.25, 0.3) is 10.9 Å². The molecular formula is C12H14N4O2. The minimum Gasteiger partial charge on any atom is -0.378 e. The number of hydrogen-bond acceptors (Lipinski definition) is 5. The maximum absolute atomic E-state index is 11.8. The topological polar surface area (TPSA) is 71.1 Å². The molecule has 1 aliphatic heterocycles. The minimum absolute atomic E-state index is 0.196. The van der Waals surface area contributed by atoms with Crippen molar-refractivity contribution in [1.82, 2.24) is 15.2 Å². The Morgan fingerprint density at radius 1 is 1.39 bits per heavy atom. The van der Waals surface area contributed by atoms with E-state index in [2.05, 4.69) is 20.1 Å². The van der Waals surface area contributed by atoms with Crippen molar-refractivity contribution in [2.45, 2.75) is 6.92 Å². The Morgan fingerprint density at radius 3 is 2.94 bits per heavy atom. The summed E-state index contributed by atoms with van der Waals surface area (Å²) < 4.78 is 5.31. The van der Waals surface area contributed by atoms with Crippen LogP contribution in [0.1, 0.15) is 5.69 Å². The zero-order valence-corrected chi connectivity index (χ0v) is 10.1. The number of pyridine rings is 1. The predicted octanol–water partition coefficient (Wildman–Crippen LogP) is 0.463. The molecule has 1 saturated heterocycles. The number of morpholine rings is 1. The molecule has 0 atom stereocenters. The molecule has 2 aromatic heterocycles. The fraction of sp³-hybridized carbons (Fsp3) is 0.417. The van der Waals surface area contributed by atoms with Crippen molar-refractivity contribution in [3.8, 4) is 0 Å². The van der Waals surface area contributed by atoms with Crippen molar-refractivity contribution in [2.24, 2.45) is 0 Å². The van der Waals surface area contributed by atoms with Crippen molar-refractivity contribution in [2.75, 3.05) is 31.2 Å². The molecule has 3 heterocycles. The lowest BCUT2D eigenvalue weighted by Crippen LogP contribution is -2.36. The van der Waals surface area contributed by atoms with Crippen molar-refractivity contribution >= 4 is 16.6 Å². The first kappa shape index (κ1) is 11.2. The van der Waals surface area contributed by atoms with Crippen LogP contribution >= 0.6 is 0 Å². The van der Waals surface area contributed by atoms with E-state index in [1.165, 1.54) is 0 Å². The Hall–Kier alpha value is -1.95. The van der Waals surface area contributed by atoms with Gasteiger partial charge >= 0.3 is 0 Å². The van der Waals surface area contributed by atoms with E-state index in [1.54, 1.807) is 6.20 Å². The summed E-state index contributed by atoms with van der Waals surface area (Å²) in [7, 11) is 0. The summed E-state index contributed by atoms with van der Waals surface area (Å²) >= 11 is 0. The average molecular weight is 246 g/mol. The van der Waals surface area contributed by atoms with Crippen LogP contribution in [0.4, 0.5) is 5.69 Å². The highest BCUT2D eigenvalue weighted by Gasteiger charge is 2.13. The van der Waals surface area contributed by atoms with Crippen LogP contribution in [0.2, 0.25) is 0 Å². The normalized spacial score (nSPS) is 16.2. The standard InChI is InChI=1S/C12H14N4O2/c1-8-11-10(12(17)15-14-8)6-9(7-13-11)16-2-4-18-5-3-16/h6-7H,2-5H2,1H3,(H,15,17). The molecular weight excluding hydrogens is 232 g/mol. The van der Waals surface area contributed by atoms with Crippen LogP contribution in [0.3, 0.4) is 0 Å². The van der Waals surface area contributed by atoms with E-state index in [-0.39, 0.29) is 5.56 Å². The number of nitrogens with zero attached hydrogens (tertiary/aromatic N) is 3. The molecule has 0 unspecified atom stereocenters. The third-order valence-corrected chi connectivity index (χ3v) is 3.16. The molecule has 0 amide bonds. The number of nitrogens with one attached hydrogen (secondary N) is 1. The molecule has 6 nitrogen and oxygen atoms in total. The van der Waals surface area contributed by atoms with Gasteiger partial charge < -0.3 is 9.64 Å². The van der Waals surface area contributed by atoms with E-state index in [4.69, 9.17) is 4.74 Å². The highest BCUT2D eigenvalue weighted by molar-refractivity contribution is 5.82. The van der Waals surface area contributed by atoms with E-state index < -0.39 is 0 Å². The smallest absolute Gasteiger partial charge is 0.273 e. The Morgan fingerprint density at radius 2 is 2.17 bits per heavy atom. The Balaban J connectivity index is 2.10. The number of H-pyrrole nitrogens is 1. The number of rotatable bonds is 1. The van der Waals surface area contributed by atoms with Gasteiger partial charge in [0, 0.05) is 13.1 Å². The number of aromatic nitrogens is 3. The second kappa shape index (κ2) is 4.38. The van der Waals surface area contributed by atoms with Crippen molar-refractivity contribution in [3.63, 3.8) is 0 Å². The number of anilines is 1. The zero-order valence-electron chi connectivity index (χ0n) is 10.1. The van der Waals surface area contributed by atoms with Gasteiger partial charge in [-0.25, -0.2) is 5.10 Å². The monoisotopic (exact) mass is 246 g/mol. The number of ether oxygens (including phenoxy) is 1. The van der Waals surface area contributed by atoms with E-state index in [9.17, 15) is 4.79 Å².